The molecule has 0 unspecified atom stereocenters. The molecule has 1 aromatic rings. The van der Waals surface area contributed by atoms with Crippen molar-refractivity contribution in [3.8, 4) is 0 Å². The minimum Gasteiger partial charge on any atom is -0.465 e. The molecule has 0 saturated heterocycles. The van der Waals surface area contributed by atoms with Crippen molar-refractivity contribution >= 4 is 12.1 Å². The molecule has 84 valence electrons. The van der Waals surface area contributed by atoms with E-state index in [0.717, 1.165) is 11.1 Å². The van der Waals surface area contributed by atoms with Crippen LogP contribution in [-0.2, 0) is 11.3 Å². The number of benzene rings is 1. The Hall–Kier alpha value is -2.04. The monoisotopic (exact) mass is 221 g/mol. The average Bonchev–Trinajstić information content (AvgIpc) is 2.59. The lowest BCUT2D eigenvalue weighted by Gasteiger charge is -2.12. The van der Waals surface area contributed by atoms with E-state index in [1.54, 1.807) is 25.1 Å². The Balaban J connectivity index is 2.25. The fourth-order valence-corrected chi connectivity index (χ4v) is 1.69. The van der Waals surface area contributed by atoms with Gasteiger partial charge in [-0.15, -0.1) is 0 Å². The Bertz CT molecular complexity index is 455. The fraction of sp³-hybridized carbons (Fsp3) is 0.273. The molecule has 5 nitrogen and oxygen atoms in total. The van der Waals surface area contributed by atoms with Crippen LogP contribution in [-0.4, -0.2) is 17.2 Å². The smallest absolute Gasteiger partial charge is 0.405 e. The maximum absolute atomic E-state index is 11.2. The lowest BCUT2D eigenvalue weighted by molar-refractivity contribution is 0.0535. The van der Waals surface area contributed by atoms with Gasteiger partial charge in [-0.2, -0.15) is 0 Å². The zero-order valence-electron chi connectivity index (χ0n) is 8.69. The summed E-state index contributed by atoms with van der Waals surface area (Å²) in [5.74, 6) is -0.319. The number of carbonyl (C=O) groups is 2. The highest BCUT2D eigenvalue weighted by molar-refractivity contribution is 5.93. The van der Waals surface area contributed by atoms with E-state index in [0.29, 0.717) is 5.56 Å². The first-order chi connectivity index (χ1) is 7.58. The van der Waals surface area contributed by atoms with Crippen molar-refractivity contribution in [3.05, 3.63) is 34.9 Å². The fourth-order valence-electron chi connectivity index (χ4n) is 1.69. The Morgan fingerprint density at radius 1 is 1.56 bits per heavy atom. The maximum Gasteiger partial charge on any atom is 0.405 e. The Morgan fingerprint density at radius 3 is 3.00 bits per heavy atom. The summed E-state index contributed by atoms with van der Waals surface area (Å²) in [5, 5.41) is 10.9. The van der Waals surface area contributed by atoms with Crippen LogP contribution in [0, 0.1) is 0 Å². The number of carboxylic acid groups (broad SMARTS) is 1. The van der Waals surface area contributed by atoms with Gasteiger partial charge >= 0.3 is 12.1 Å². The molecular formula is C11H11NO4. The quantitative estimate of drug-likeness (QED) is 0.745. The Kier molecular flexibility index (Phi) is 2.52. The Morgan fingerprint density at radius 2 is 2.31 bits per heavy atom. The number of carbonyl (C=O) groups excluding carboxylic acids is 1. The van der Waals surface area contributed by atoms with E-state index in [1.807, 2.05) is 0 Å². The van der Waals surface area contributed by atoms with Crippen LogP contribution in [0.5, 0.6) is 0 Å². The van der Waals surface area contributed by atoms with Gasteiger partial charge in [-0.1, -0.05) is 6.07 Å². The summed E-state index contributed by atoms with van der Waals surface area (Å²) < 4.78 is 4.86. The summed E-state index contributed by atoms with van der Waals surface area (Å²) in [7, 11) is 0. The van der Waals surface area contributed by atoms with Crippen LogP contribution in [0.25, 0.3) is 0 Å². The van der Waals surface area contributed by atoms with E-state index in [1.165, 1.54) is 0 Å². The molecule has 0 aromatic heterocycles. The number of fused-ring (bicyclic) bond motifs is 1. The van der Waals surface area contributed by atoms with Gasteiger partial charge in [0.15, 0.2) is 0 Å². The van der Waals surface area contributed by atoms with Gasteiger partial charge in [-0.3, -0.25) is 0 Å². The van der Waals surface area contributed by atoms with Gasteiger partial charge in [0.25, 0.3) is 0 Å². The van der Waals surface area contributed by atoms with Crippen LogP contribution in [0.2, 0.25) is 0 Å². The molecule has 1 amide bonds. The molecule has 1 heterocycles. The van der Waals surface area contributed by atoms with Crippen LogP contribution < -0.4 is 5.32 Å². The van der Waals surface area contributed by atoms with E-state index in [2.05, 4.69) is 5.32 Å². The van der Waals surface area contributed by atoms with Crippen LogP contribution >= 0.6 is 0 Å². The molecule has 1 atom stereocenters. The molecule has 1 aliphatic rings. The minimum absolute atomic E-state index is 0.266. The van der Waals surface area contributed by atoms with Gasteiger partial charge < -0.3 is 15.2 Å². The summed E-state index contributed by atoms with van der Waals surface area (Å²) >= 11 is 0. The van der Waals surface area contributed by atoms with Gasteiger partial charge in [0, 0.05) is 5.56 Å². The van der Waals surface area contributed by atoms with Crippen molar-refractivity contribution in [2.75, 3.05) is 0 Å². The second-order valence-electron chi connectivity index (χ2n) is 3.66. The normalized spacial score (nSPS) is 15.2. The van der Waals surface area contributed by atoms with E-state index < -0.39 is 6.09 Å². The highest BCUT2D eigenvalue weighted by Crippen LogP contribution is 2.23. The van der Waals surface area contributed by atoms with E-state index >= 15 is 0 Å². The lowest BCUT2D eigenvalue weighted by Crippen LogP contribution is -2.24. The van der Waals surface area contributed by atoms with Crippen LogP contribution in [0.15, 0.2) is 18.2 Å². The molecule has 0 radical (unpaired) electrons. The molecule has 0 bridgehead atoms. The van der Waals surface area contributed by atoms with Crippen molar-refractivity contribution < 1.29 is 19.4 Å². The van der Waals surface area contributed by atoms with Crippen LogP contribution in [0.4, 0.5) is 4.79 Å². The van der Waals surface area contributed by atoms with Gasteiger partial charge in [0.05, 0.1) is 11.6 Å². The topological polar surface area (TPSA) is 75.6 Å². The largest absolute Gasteiger partial charge is 0.465 e. The van der Waals surface area contributed by atoms with Crippen molar-refractivity contribution in [2.24, 2.45) is 0 Å². The number of ether oxygens (including phenoxy) is 1. The number of nitrogens with one attached hydrogen (secondary N) is 1. The van der Waals surface area contributed by atoms with E-state index in [-0.39, 0.29) is 18.6 Å². The third-order valence-corrected chi connectivity index (χ3v) is 2.55. The van der Waals surface area contributed by atoms with E-state index in [9.17, 15) is 9.59 Å². The van der Waals surface area contributed by atoms with Gasteiger partial charge in [-0.05, 0) is 24.6 Å². The zero-order valence-corrected chi connectivity index (χ0v) is 8.69. The highest BCUT2D eigenvalue weighted by Gasteiger charge is 2.22. The molecule has 0 aliphatic carbocycles. The van der Waals surface area contributed by atoms with Crippen LogP contribution in [0.3, 0.4) is 0 Å². The van der Waals surface area contributed by atoms with Gasteiger partial charge in [0.1, 0.15) is 6.61 Å². The summed E-state index contributed by atoms with van der Waals surface area (Å²) in [4.78, 5) is 21.7. The first-order valence-electron chi connectivity index (χ1n) is 4.87. The SMILES string of the molecule is C[C@H](NC(=O)O)c1ccc2c(c1)COC2=O. The number of hydrogen-bond donors (Lipinski definition) is 2. The third kappa shape index (κ3) is 1.84. The van der Waals surface area contributed by atoms with Gasteiger partial charge in [0.2, 0.25) is 0 Å². The molecule has 1 aromatic carbocycles. The first-order valence-corrected chi connectivity index (χ1v) is 4.87. The predicted molar refractivity (Wildman–Crippen MR) is 55.1 cm³/mol. The maximum atomic E-state index is 11.2. The van der Waals surface area contributed by atoms with Crippen molar-refractivity contribution in [1.82, 2.24) is 5.32 Å². The van der Waals surface area contributed by atoms with Crippen LogP contribution in [0.1, 0.15) is 34.5 Å². The highest BCUT2D eigenvalue weighted by atomic mass is 16.5. The third-order valence-electron chi connectivity index (χ3n) is 2.55. The number of rotatable bonds is 2. The molecule has 0 saturated carbocycles. The average molecular weight is 221 g/mol. The minimum atomic E-state index is -1.07. The summed E-state index contributed by atoms with van der Waals surface area (Å²) in [5.41, 5.74) is 2.19. The van der Waals surface area contributed by atoms with Crippen molar-refractivity contribution in [1.29, 1.82) is 0 Å². The predicted octanol–water partition coefficient (Wildman–Crippen LogP) is 1.69. The van der Waals surface area contributed by atoms with E-state index in [4.69, 9.17) is 9.84 Å². The molecule has 16 heavy (non-hydrogen) atoms. The molecule has 5 heteroatoms. The summed E-state index contributed by atoms with van der Waals surface area (Å²) in [6.45, 7) is 2.01. The number of amides is 1. The van der Waals surface area contributed by atoms with Crippen molar-refractivity contribution in [3.63, 3.8) is 0 Å². The summed E-state index contributed by atoms with van der Waals surface area (Å²) in [6.07, 6.45) is -1.07. The lowest BCUT2D eigenvalue weighted by atomic mass is 10.0. The number of esters is 1. The zero-order chi connectivity index (χ0) is 11.7. The second kappa shape index (κ2) is 3.84. The molecule has 2 N–H and O–H groups in total. The van der Waals surface area contributed by atoms with Gasteiger partial charge in [-0.25, -0.2) is 9.59 Å². The molecule has 2 rings (SSSR count). The molecule has 0 spiro atoms. The number of hydrogen-bond acceptors (Lipinski definition) is 3. The standard InChI is InChI=1S/C11H11NO4/c1-6(12-11(14)15)7-2-3-9-8(4-7)5-16-10(9)13/h2-4,6,12H,5H2,1H3,(H,14,15)/t6-/m0/s1. The summed E-state index contributed by atoms with van der Waals surface area (Å²) in [6, 6.07) is 4.88. The molecule has 1 aliphatic heterocycles. The second-order valence-corrected chi connectivity index (χ2v) is 3.66. The molecular weight excluding hydrogens is 210 g/mol. The van der Waals surface area contributed by atoms with Crippen molar-refractivity contribution in [2.45, 2.75) is 19.6 Å². The Labute approximate surface area is 92.0 Å². The first kappa shape index (κ1) is 10.5. The number of cyclic esters (lactones) is 1. The molecule has 0 fully saturated rings.